The average Bonchev–Trinajstić information content (AvgIpc) is 2.06. The van der Waals surface area contributed by atoms with Crippen molar-refractivity contribution in [3.05, 3.63) is 35.9 Å². The van der Waals surface area contributed by atoms with Crippen LogP contribution in [0, 0.1) is 0 Å². The highest BCUT2D eigenvalue weighted by Gasteiger charge is 2.23. The molecule has 64 valence electrons. The van der Waals surface area contributed by atoms with E-state index in [-0.39, 0.29) is 0 Å². The highest BCUT2D eigenvalue weighted by Crippen LogP contribution is 2.20. The quantitative estimate of drug-likeness (QED) is 0.695. The molecule has 0 radical (unpaired) electrons. The Labute approximate surface area is 72.1 Å². The largest absolute Gasteiger partial charge is 0.524 e. The van der Waals surface area contributed by atoms with E-state index in [2.05, 4.69) is 0 Å². The van der Waals surface area contributed by atoms with Gasteiger partial charge in [-0.3, -0.25) is 5.73 Å². The summed E-state index contributed by atoms with van der Waals surface area (Å²) in [6.45, 7) is 0. The number of rotatable bonds is 3. The third kappa shape index (κ3) is 2.70. The fourth-order valence-electron chi connectivity index (χ4n) is 0.934. The molecule has 0 saturated heterocycles. The first-order valence-corrected chi connectivity index (χ1v) is 4.93. The number of benzene rings is 1. The standard InChI is InChI=1S/C8H10NO2P/c9-8(12(10)11)6-7-4-2-1-3-5-7/h1-5,8H,6,9H2/p+1/t8-/m1/s1. The Kier molecular flexibility index (Phi) is 3.35. The molecule has 0 fully saturated rings. The minimum Gasteiger partial charge on any atom is -0.285 e. The maximum Gasteiger partial charge on any atom is 0.524 e. The lowest BCUT2D eigenvalue weighted by Gasteiger charge is -1.97. The lowest BCUT2D eigenvalue weighted by molar-refractivity contribution is 0.488. The van der Waals surface area contributed by atoms with Crippen LogP contribution in [0.5, 0.6) is 0 Å². The first-order valence-electron chi connectivity index (χ1n) is 3.65. The topological polar surface area (TPSA) is 63.3 Å². The molecule has 0 saturated carbocycles. The van der Waals surface area contributed by atoms with Crippen LogP contribution in [0.3, 0.4) is 0 Å². The Balaban J connectivity index is 2.58. The van der Waals surface area contributed by atoms with E-state index in [0.29, 0.717) is 6.42 Å². The SMILES string of the molecule is N[C@@H](Cc1ccccc1)[P+](=O)O. The third-order valence-electron chi connectivity index (χ3n) is 1.57. The Morgan fingerprint density at radius 1 is 1.42 bits per heavy atom. The van der Waals surface area contributed by atoms with Crippen LogP contribution in [-0.2, 0) is 11.0 Å². The molecule has 2 atom stereocenters. The summed E-state index contributed by atoms with van der Waals surface area (Å²) < 4.78 is 10.5. The zero-order chi connectivity index (χ0) is 8.97. The van der Waals surface area contributed by atoms with E-state index in [1.165, 1.54) is 0 Å². The van der Waals surface area contributed by atoms with Gasteiger partial charge in [-0.2, -0.15) is 4.89 Å². The first kappa shape index (κ1) is 9.33. The van der Waals surface area contributed by atoms with Gasteiger partial charge in [0, 0.05) is 6.42 Å². The van der Waals surface area contributed by atoms with Crippen LogP contribution in [-0.4, -0.2) is 10.7 Å². The summed E-state index contributed by atoms with van der Waals surface area (Å²) in [5.41, 5.74) is 6.40. The van der Waals surface area contributed by atoms with Crippen LogP contribution in [0.4, 0.5) is 0 Å². The Hall–Kier alpha value is -0.760. The monoisotopic (exact) mass is 184 g/mol. The van der Waals surface area contributed by atoms with Gasteiger partial charge in [0.2, 0.25) is 5.78 Å². The van der Waals surface area contributed by atoms with Crippen molar-refractivity contribution in [1.29, 1.82) is 0 Å². The normalized spacial score (nSPS) is 14.0. The molecule has 3 nitrogen and oxygen atoms in total. The number of nitrogens with two attached hydrogens (primary N) is 1. The highest BCUT2D eigenvalue weighted by atomic mass is 31.1. The third-order valence-corrected chi connectivity index (χ3v) is 2.32. The van der Waals surface area contributed by atoms with Gasteiger partial charge in [-0.05, 0) is 10.1 Å². The molecule has 3 N–H and O–H groups in total. The molecule has 1 aromatic rings. The van der Waals surface area contributed by atoms with E-state index in [1.807, 2.05) is 30.3 Å². The van der Waals surface area contributed by atoms with Crippen molar-refractivity contribution in [3.63, 3.8) is 0 Å². The smallest absolute Gasteiger partial charge is 0.285 e. The van der Waals surface area contributed by atoms with E-state index < -0.39 is 13.8 Å². The molecule has 0 aliphatic heterocycles. The molecule has 1 aromatic carbocycles. The van der Waals surface area contributed by atoms with Crippen molar-refractivity contribution in [2.24, 2.45) is 5.73 Å². The molecule has 1 unspecified atom stereocenters. The summed E-state index contributed by atoms with van der Waals surface area (Å²) in [7, 11) is -2.26. The summed E-state index contributed by atoms with van der Waals surface area (Å²) in [6, 6.07) is 9.43. The van der Waals surface area contributed by atoms with Crippen LogP contribution in [0.15, 0.2) is 30.3 Å². The second kappa shape index (κ2) is 4.31. The fraction of sp³-hybridized carbons (Fsp3) is 0.250. The fourth-order valence-corrected chi connectivity index (χ4v) is 1.30. The average molecular weight is 184 g/mol. The predicted octanol–water partition coefficient (Wildman–Crippen LogP) is 1.25. The van der Waals surface area contributed by atoms with Gasteiger partial charge in [0.1, 0.15) is 0 Å². The van der Waals surface area contributed by atoms with Gasteiger partial charge in [-0.25, -0.2) is 0 Å². The zero-order valence-corrected chi connectivity index (χ0v) is 7.45. The first-order chi connectivity index (χ1) is 5.70. The van der Waals surface area contributed by atoms with Crippen LogP contribution < -0.4 is 5.73 Å². The summed E-state index contributed by atoms with van der Waals surface area (Å²) >= 11 is 0. The minimum absolute atomic E-state index is 0.451. The molecule has 0 aliphatic rings. The van der Waals surface area contributed by atoms with E-state index in [1.54, 1.807) is 0 Å². The zero-order valence-electron chi connectivity index (χ0n) is 6.55. The highest BCUT2D eigenvalue weighted by molar-refractivity contribution is 7.38. The molecule has 1 rings (SSSR count). The van der Waals surface area contributed by atoms with Crippen molar-refractivity contribution in [2.75, 3.05) is 0 Å². The lowest BCUT2D eigenvalue weighted by Crippen LogP contribution is -2.17. The van der Waals surface area contributed by atoms with E-state index in [4.69, 9.17) is 10.6 Å². The van der Waals surface area contributed by atoms with E-state index in [0.717, 1.165) is 5.56 Å². The van der Waals surface area contributed by atoms with Crippen molar-refractivity contribution < 1.29 is 9.46 Å². The van der Waals surface area contributed by atoms with E-state index in [9.17, 15) is 4.57 Å². The Bertz CT molecular complexity index is 263. The summed E-state index contributed by atoms with van der Waals surface area (Å²) in [6.07, 6.45) is 0.451. The molecule has 4 heteroatoms. The lowest BCUT2D eigenvalue weighted by atomic mass is 10.2. The summed E-state index contributed by atoms with van der Waals surface area (Å²) in [4.78, 5) is 8.67. The van der Waals surface area contributed by atoms with Gasteiger partial charge < -0.3 is 0 Å². The van der Waals surface area contributed by atoms with Gasteiger partial charge in [0.05, 0.1) is 0 Å². The number of hydrogen-bond donors (Lipinski definition) is 2. The second-order valence-electron chi connectivity index (χ2n) is 2.56. The summed E-state index contributed by atoms with van der Waals surface area (Å²) in [5.74, 6) is -0.651. The second-order valence-corrected chi connectivity index (χ2v) is 3.83. The predicted molar refractivity (Wildman–Crippen MR) is 47.9 cm³/mol. The Morgan fingerprint density at radius 2 is 2.00 bits per heavy atom. The van der Waals surface area contributed by atoms with E-state index >= 15 is 0 Å². The molecule has 0 aliphatic carbocycles. The molecule has 0 spiro atoms. The van der Waals surface area contributed by atoms with Crippen LogP contribution in [0.25, 0.3) is 0 Å². The van der Waals surface area contributed by atoms with Crippen molar-refractivity contribution >= 4 is 8.03 Å². The Morgan fingerprint density at radius 3 is 2.50 bits per heavy atom. The van der Waals surface area contributed by atoms with Gasteiger partial charge in [-0.15, -0.1) is 0 Å². The minimum atomic E-state index is -2.26. The molecule has 0 heterocycles. The van der Waals surface area contributed by atoms with Crippen LogP contribution in [0.1, 0.15) is 5.56 Å². The van der Waals surface area contributed by atoms with Crippen LogP contribution >= 0.6 is 8.03 Å². The molecule has 0 bridgehead atoms. The van der Waals surface area contributed by atoms with Gasteiger partial charge in [0.25, 0.3) is 0 Å². The van der Waals surface area contributed by atoms with Crippen molar-refractivity contribution in [2.45, 2.75) is 12.2 Å². The molecule has 12 heavy (non-hydrogen) atoms. The van der Waals surface area contributed by atoms with Crippen molar-refractivity contribution in [1.82, 2.24) is 0 Å². The number of hydrogen-bond acceptors (Lipinski definition) is 2. The maximum absolute atomic E-state index is 10.5. The van der Waals surface area contributed by atoms with Gasteiger partial charge in [0.15, 0.2) is 0 Å². The van der Waals surface area contributed by atoms with Gasteiger partial charge >= 0.3 is 8.03 Å². The van der Waals surface area contributed by atoms with Gasteiger partial charge in [-0.1, -0.05) is 30.3 Å². The van der Waals surface area contributed by atoms with Crippen LogP contribution in [0.2, 0.25) is 0 Å². The molecular weight excluding hydrogens is 173 g/mol. The maximum atomic E-state index is 10.5. The van der Waals surface area contributed by atoms with Crippen molar-refractivity contribution in [3.8, 4) is 0 Å². The molecule has 0 aromatic heterocycles. The molecule has 0 amide bonds. The molecular formula is C8H11NO2P+. The summed E-state index contributed by atoms with van der Waals surface area (Å²) in [5, 5.41) is 0.